The van der Waals surface area contributed by atoms with Crippen molar-refractivity contribution in [1.29, 1.82) is 0 Å². The van der Waals surface area contributed by atoms with E-state index in [-0.39, 0.29) is 5.56 Å². The van der Waals surface area contributed by atoms with Gasteiger partial charge in [0.2, 0.25) is 0 Å². The van der Waals surface area contributed by atoms with Crippen LogP contribution in [0.3, 0.4) is 0 Å². The summed E-state index contributed by atoms with van der Waals surface area (Å²) in [5.41, 5.74) is 3.62. The number of fused-ring (bicyclic) bond motifs is 1. The molecule has 3 aromatic heterocycles. The quantitative estimate of drug-likeness (QED) is 0.573. The molecule has 128 valence electrons. The Balaban J connectivity index is 1.48. The van der Waals surface area contributed by atoms with Crippen molar-refractivity contribution in [2.75, 3.05) is 12.8 Å². The molecule has 0 saturated heterocycles. The van der Waals surface area contributed by atoms with Crippen LogP contribution in [0.4, 0.5) is 0 Å². The van der Waals surface area contributed by atoms with E-state index in [0.717, 1.165) is 47.8 Å². The first-order valence-electron chi connectivity index (χ1n) is 8.10. The number of furan rings is 1. The fourth-order valence-corrected chi connectivity index (χ4v) is 3.43. The van der Waals surface area contributed by atoms with Gasteiger partial charge < -0.3 is 9.40 Å². The number of aromatic nitrogens is 3. The van der Waals surface area contributed by atoms with Crippen molar-refractivity contribution in [3.63, 3.8) is 0 Å². The Hall–Kier alpha value is -2.38. The van der Waals surface area contributed by atoms with E-state index in [0.29, 0.717) is 11.7 Å². The van der Waals surface area contributed by atoms with Gasteiger partial charge in [-0.3, -0.25) is 14.7 Å². The van der Waals surface area contributed by atoms with Gasteiger partial charge in [-0.2, -0.15) is 0 Å². The molecule has 7 heteroatoms. The number of nitrogens with zero attached hydrogens (tertiary/aromatic N) is 3. The highest BCUT2D eigenvalue weighted by atomic mass is 32.2. The summed E-state index contributed by atoms with van der Waals surface area (Å²) in [6.45, 7) is 2.26. The molecule has 0 saturated carbocycles. The highest BCUT2D eigenvalue weighted by molar-refractivity contribution is 7.98. The van der Waals surface area contributed by atoms with Crippen LogP contribution in [0.15, 0.2) is 51.1 Å². The van der Waals surface area contributed by atoms with Gasteiger partial charge in [0.05, 0.1) is 17.5 Å². The maximum absolute atomic E-state index is 12.3. The van der Waals surface area contributed by atoms with Crippen molar-refractivity contribution in [2.24, 2.45) is 0 Å². The zero-order valence-corrected chi connectivity index (χ0v) is 14.7. The van der Waals surface area contributed by atoms with Crippen LogP contribution in [0.2, 0.25) is 0 Å². The van der Waals surface area contributed by atoms with Crippen LogP contribution in [0.1, 0.15) is 16.8 Å². The Morgan fingerprint density at radius 3 is 3.00 bits per heavy atom. The van der Waals surface area contributed by atoms with Crippen LogP contribution in [0.25, 0.3) is 11.5 Å². The third-order valence-electron chi connectivity index (χ3n) is 4.32. The number of aromatic amines is 1. The van der Waals surface area contributed by atoms with Gasteiger partial charge in [-0.05, 0) is 30.0 Å². The lowest BCUT2D eigenvalue weighted by Crippen LogP contribution is -2.35. The van der Waals surface area contributed by atoms with Crippen molar-refractivity contribution in [1.82, 2.24) is 19.9 Å². The second-order valence-corrected chi connectivity index (χ2v) is 6.79. The van der Waals surface area contributed by atoms with E-state index < -0.39 is 0 Å². The molecule has 0 radical (unpaired) electrons. The monoisotopic (exact) mass is 354 g/mol. The summed E-state index contributed by atoms with van der Waals surface area (Å²) in [4.78, 5) is 26.4. The van der Waals surface area contributed by atoms with E-state index in [1.165, 1.54) is 11.8 Å². The van der Waals surface area contributed by atoms with Crippen LogP contribution in [0.5, 0.6) is 0 Å². The topological polar surface area (TPSA) is 75.0 Å². The average molecular weight is 354 g/mol. The van der Waals surface area contributed by atoms with Gasteiger partial charge in [0, 0.05) is 32.3 Å². The van der Waals surface area contributed by atoms with Crippen molar-refractivity contribution < 1.29 is 4.42 Å². The molecule has 0 amide bonds. The highest BCUT2D eigenvalue weighted by Gasteiger charge is 2.21. The van der Waals surface area contributed by atoms with E-state index >= 15 is 0 Å². The summed E-state index contributed by atoms with van der Waals surface area (Å²) in [6, 6.07) is 7.76. The van der Waals surface area contributed by atoms with E-state index in [1.54, 1.807) is 6.26 Å². The summed E-state index contributed by atoms with van der Waals surface area (Å²) in [5, 5.41) is 0.690. The SMILES string of the molecule is CSc1nc2c(c(=O)[nH]1)CN(Cc1ccc(-c3ccco3)nc1)CC2. The molecular formula is C18H18N4O2S. The average Bonchev–Trinajstić information content (AvgIpc) is 3.17. The maximum Gasteiger partial charge on any atom is 0.256 e. The molecule has 0 bridgehead atoms. The first-order chi connectivity index (χ1) is 12.2. The first kappa shape index (κ1) is 16.1. The van der Waals surface area contributed by atoms with Gasteiger partial charge in [0.25, 0.3) is 5.56 Å². The Labute approximate surface area is 149 Å². The lowest BCUT2D eigenvalue weighted by Gasteiger charge is -2.27. The normalized spacial score (nSPS) is 14.4. The van der Waals surface area contributed by atoms with Crippen LogP contribution in [-0.4, -0.2) is 32.7 Å². The molecule has 0 fully saturated rings. The number of rotatable bonds is 4. The number of pyridine rings is 1. The van der Waals surface area contributed by atoms with E-state index in [1.807, 2.05) is 30.7 Å². The number of H-pyrrole nitrogens is 1. The summed E-state index contributed by atoms with van der Waals surface area (Å²) in [5.74, 6) is 0.764. The Morgan fingerprint density at radius 2 is 2.28 bits per heavy atom. The third-order valence-corrected chi connectivity index (χ3v) is 4.90. The minimum Gasteiger partial charge on any atom is -0.463 e. The minimum absolute atomic E-state index is 0.0228. The fourth-order valence-electron chi connectivity index (χ4n) is 3.04. The van der Waals surface area contributed by atoms with Gasteiger partial charge >= 0.3 is 0 Å². The van der Waals surface area contributed by atoms with Crippen LogP contribution in [0, 0.1) is 0 Å². The summed E-state index contributed by atoms with van der Waals surface area (Å²) in [6.07, 6.45) is 6.22. The van der Waals surface area contributed by atoms with Crippen LogP contribution < -0.4 is 5.56 Å². The molecule has 0 aliphatic carbocycles. The molecule has 4 rings (SSSR count). The lowest BCUT2D eigenvalue weighted by molar-refractivity contribution is 0.240. The standard InChI is InChI=1S/C18H18N4O2S/c1-25-18-20-14-6-7-22(11-13(14)17(23)21-18)10-12-4-5-15(19-9-12)16-3-2-8-24-16/h2-5,8-9H,6-7,10-11H2,1H3,(H,20,21,23). The molecule has 0 atom stereocenters. The fraction of sp³-hybridized carbons (Fsp3) is 0.278. The molecule has 1 aliphatic rings. The predicted octanol–water partition coefficient (Wildman–Crippen LogP) is 2.71. The first-order valence-corrected chi connectivity index (χ1v) is 9.32. The molecule has 0 aromatic carbocycles. The largest absolute Gasteiger partial charge is 0.463 e. The molecule has 4 heterocycles. The van der Waals surface area contributed by atoms with Crippen LogP contribution in [-0.2, 0) is 19.5 Å². The van der Waals surface area contributed by atoms with E-state index in [4.69, 9.17) is 4.42 Å². The van der Waals surface area contributed by atoms with Gasteiger partial charge in [-0.25, -0.2) is 4.98 Å². The number of nitrogens with one attached hydrogen (secondary N) is 1. The minimum atomic E-state index is -0.0228. The molecule has 1 aliphatic heterocycles. The van der Waals surface area contributed by atoms with Gasteiger partial charge in [-0.15, -0.1) is 0 Å². The smallest absolute Gasteiger partial charge is 0.256 e. The summed E-state index contributed by atoms with van der Waals surface area (Å²) >= 11 is 1.46. The van der Waals surface area contributed by atoms with Crippen molar-refractivity contribution >= 4 is 11.8 Å². The molecule has 3 aromatic rings. The van der Waals surface area contributed by atoms with Gasteiger partial charge in [-0.1, -0.05) is 17.8 Å². The molecule has 25 heavy (non-hydrogen) atoms. The van der Waals surface area contributed by atoms with Gasteiger partial charge in [0.1, 0.15) is 5.69 Å². The molecule has 0 unspecified atom stereocenters. The summed E-state index contributed by atoms with van der Waals surface area (Å²) < 4.78 is 5.36. The predicted molar refractivity (Wildman–Crippen MR) is 96.4 cm³/mol. The van der Waals surface area contributed by atoms with Crippen molar-refractivity contribution in [2.45, 2.75) is 24.7 Å². The third kappa shape index (κ3) is 3.38. The van der Waals surface area contributed by atoms with Crippen LogP contribution >= 0.6 is 11.8 Å². The molecule has 0 spiro atoms. The molecular weight excluding hydrogens is 336 g/mol. The zero-order valence-electron chi connectivity index (χ0n) is 13.9. The van der Waals surface area contributed by atoms with E-state index in [2.05, 4.69) is 25.9 Å². The maximum atomic E-state index is 12.3. The Kier molecular flexibility index (Phi) is 4.42. The second kappa shape index (κ2) is 6.85. The van der Waals surface area contributed by atoms with Crippen molar-refractivity contribution in [3.8, 4) is 11.5 Å². The molecule has 6 nitrogen and oxygen atoms in total. The second-order valence-electron chi connectivity index (χ2n) is 5.99. The lowest BCUT2D eigenvalue weighted by atomic mass is 10.1. The molecule has 1 N–H and O–H groups in total. The number of hydrogen-bond donors (Lipinski definition) is 1. The van der Waals surface area contributed by atoms with Crippen molar-refractivity contribution in [3.05, 3.63) is 63.9 Å². The van der Waals surface area contributed by atoms with Gasteiger partial charge in [0.15, 0.2) is 10.9 Å². The highest BCUT2D eigenvalue weighted by Crippen LogP contribution is 2.20. The van der Waals surface area contributed by atoms with E-state index in [9.17, 15) is 4.79 Å². The zero-order chi connectivity index (χ0) is 17.2. The summed E-state index contributed by atoms with van der Waals surface area (Å²) in [7, 11) is 0. The number of hydrogen-bond acceptors (Lipinski definition) is 6. The number of thioether (sulfide) groups is 1. The Morgan fingerprint density at radius 1 is 1.36 bits per heavy atom. The Bertz CT molecular complexity index is 919.